The lowest BCUT2D eigenvalue weighted by atomic mass is 10.1. The maximum Gasteiger partial charge on any atom is 0.182 e. The molecule has 0 bridgehead atoms. The molecule has 2 heterocycles. The van der Waals surface area contributed by atoms with Gasteiger partial charge in [0.15, 0.2) is 45.4 Å². The van der Waals surface area contributed by atoms with Crippen molar-refractivity contribution in [2.45, 2.75) is 40.8 Å². The van der Waals surface area contributed by atoms with E-state index < -0.39 is 0 Å². The van der Waals surface area contributed by atoms with Crippen LogP contribution in [0.1, 0.15) is 43.5 Å². The van der Waals surface area contributed by atoms with Gasteiger partial charge in [-0.1, -0.05) is 5.92 Å². The summed E-state index contributed by atoms with van der Waals surface area (Å²) in [5.41, 5.74) is 3.68. The van der Waals surface area contributed by atoms with E-state index in [4.69, 9.17) is 20.6 Å². The Morgan fingerprint density at radius 1 is 0.689 bits per heavy atom. The highest BCUT2D eigenvalue weighted by Gasteiger charge is 2.14. The summed E-state index contributed by atoms with van der Waals surface area (Å²) in [5, 5.41) is 9.73. The molecule has 2 aromatic carbocycles. The molecular formula is C35H36N2O8. The van der Waals surface area contributed by atoms with Crippen LogP contribution in [0.25, 0.3) is 0 Å². The Bertz CT molecular complexity index is 1830. The predicted molar refractivity (Wildman–Crippen MR) is 171 cm³/mol. The number of pyridine rings is 2. The van der Waals surface area contributed by atoms with Crippen LogP contribution in [0.4, 0.5) is 0 Å². The van der Waals surface area contributed by atoms with Gasteiger partial charge < -0.3 is 28.5 Å². The molecule has 4 rings (SSSR count). The van der Waals surface area contributed by atoms with E-state index in [2.05, 4.69) is 5.92 Å². The molecule has 0 saturated carbocycles. The molecule has 45 heavy (non-hydrogen) atoms. The van der Waals surface area contributed by atoms with Gasteiger partial charge in [0.05, 0.1) is 27.3 Å². The number of phenolic OH excluding ortho intramolecular Hbond substituents is 1. The van der Waals surface area contributed by atoms with Gasteiger partial charge in [-0.3, -0.25) is 19.2 Å². The Morgan fingerprint density at radius 2 is 1.11 bits per heavy atom. The monoisotopic (exact) mass is 612 g/mol. The predicted octanol–water partition coefficient (Wildman–Crippen LogP) is 4.43. The zero-order chi connectivity index (χ0) is 33.3. The van der Waals surface area contributed by atoms with Gasteiger partial charge in [-0.25, -0.2) is 0 Å². The van der Waals surface area contributed by atoms with Crippen LogP contribution in [0, 0.1) is 40.0 Å². The summed E-state index contributed by atoms with van der Waals surface area (Å²) in [5.74, 6) is 3.32. The van der Waals surface area contributed by atoms with E-state index in [0.717, 1.165) is 22.8 Å². The summed E-state index contributed by atoms with van der Waals surface area (Å²) in [6, 6.07) is 15.5. The highest BCUT2D eigenvalue weighted by atomic mass is 16.5. The maximum atomic E-state index is 12.6. The van der Waals surface area contributed by atoms with Gasteiger partial charge in [-0.2, -0.15) is 0 Å². The number of rotatable bonds is 10. The highest BCUT2D eigenvalue weighted by molar-refractivity contribution is 5.97. The molecule has 0 saturated heterocycles. The quantitative estimate of drug-likeness (QED) is 0.206. The van der Waals surface area contributed by atoms with Crippen LogP contribution < -0.4 is 25.1 Å². The van der Waals surface area contributed by atoms with Gasteiger partial charge in [0.25, 0.3) is 0 Å². The van der Waals surface area contributed by atoms with E-state index in [1.807, 2.05) is 0 Å². The van der Waals surface area contributed by atoms with E-state index >= 15 is 0 Å². The third-order valence-corrected chi connectivity index (χ3v) is 7.01. The van der Waals surface area contributed by atoms with Crippen molar-refractivity contribution in [3.63, 3.8) is 0 Å². The number of carbonyl (C=O) groups is 2. The van der Waals surface area contributed by atoms with Gasteiger partial charge in [0.1, 0.15) is 6.61 Å². The molecule has 0 spiro atoms. The van der Waals surface area contributed by atoms with Gasteiger partial charge in [0, 0.05) is 58.2 Å². The van der Waals surface area contributed by atoms with Crippen molar-refractivity contribution in [1.82, 2.24) is 9.13 Å². The van der Waals surface area contributed by atoms with Crippen LogP contribution in [-0.2, 0) is 13.1 Å². The van der Waals surface area contributed by atoms with Gasteiger partial charge in [-0.05, 0) is 64.1 Å². The summed E-state index contributed by atoms with van der Waals surface area (Å²) in [4.78, 5) is 47.8. The van der Waals surface area contributed by atoms with Crippen molar-refractivity contribution in [1.29, 1.82) is 0 Å². The molecule has 0 amide bonds. The summed E-state index contributed by atoms with van der Waals surface area (Å²) in [6.07, 6.45) is 5.20. The van der Waals surface area contributed by atoms with Crippen molar-refractivity contribution in [3.05, 3.63) is 115 Å². The smallest absolute Gasteiger partial charge is 0.182 e. The lowest BCUT2D eigenvalue weighted by molar-refractivity contribution is 0.0962. The molecule has 10 nitrogen and oxygen atoms in total. The number of hydrogen-bond acceptors (Lipinski definition) is 8. The summed E-state index contributed by atoms with van der Waals surface area (Å²) < 4.78 is 19.1. The van der Waals surface area contributed by atoms with Crippen molar-refractivity contribution >= 4 is 11.6 Å². The second-order valence-electron chi connectivity index (χ2n) is 10.2. The first-order chi connectivity index (χ1) is 21.4. The number of benzene rings is 2. The third kappa shape index (κ3) is 8.74. The zero-order valence-corrected chi connectivity index (χ0v) is 26.2. The van der Waals surface area contributed by atoms with E-state index in [0.29, 0.717) is 28.4 Å². The second kappa shape index (κ2) is 15.3. The molecule has 0 aliphatic rings. The molecule has 234 valence electrons. The average Bonchev–Trinajstić information content (AvgIpc) is 2.99. The lowest BCUT2D eigenvalue weighted by Crippen LogP contribution is -2.18. The molecule has 4 aromatic rings. The minimum atomic E-state index is -0.150. The number of Topliss-reactive ketones (excluding diaryl/α,β-unsaturated/α-hetero) is 2. The van der Waals surface area contributed by atoms with Gasteiger partial charge in [0.2, 0.25) is 0 Å². The Kier molecular flexibility index (Phi) is 11.5. The number of aryl methyl sites for hydroxylation is 4. The number of terminal acetylenes is 1. The first-order valence-electron chi connectivity index (χ1n) is 13.9. The van der Waals surface area contributed by atoms with Crippen LogP contribution in [0.3, 0.4) is 0 Å². The first-order valence-corrected chi connectivity index (χ1v) is 13.9. The normalized spacial score (nSPS) is 10.2. The Hall–Kier alpha value is -5.56. The number of aromatic hydroxyl groups is 1. The van der Waals surface area contributed by atoms with Crippen LogP contribution in [0.2, 0.25) is 0 Å². The molecule has 0 aliphatic carbocycles. The molecule has 10 heteroatoms. The van der Waals surface area contributed by atoms with Crippen LogP contribution in [0.5, 0.6) is 23.0 Å². The summed E-state index contributed by atoms with van der Waals surface area (Å²) >= 11 is 0. The number of aromatic nitrogens is 2. The molecule has 0 fully saturated rings. The summed E-state index contributed by atoms with van der Waals surface area (Å²) in [7, 11) is 2.97. The fraction of sp³-hybridized carbons (Fsp3) is 0.257. The van der Waals surface area contributed by atoms with Crippen molar-refractivity contribution in [3.8, 4) is 35.3 Å². The fourth-order valence-electron chi connectivity index (χ4n) is 4.69. The largest absolute Gasteiger partial charge is 0.504 e. The topological polar surface area (TPSA) is 126 Å². The lowest BCUT2D eigenvalue weighted by Gasteiger charge is -2.14. The van der Waals surface area contributed by atoms with Gasteiger partial charge >= 0.3 is 0 Å². The minimum absolute atomic E-state index is 0.0666. The maximum absolute atomic E-state index is 12.6. The van der Waals surface area contributed by atoms with Crippen LogP contribution in [0.15, 0.2) is 70.3 Å². The van der Waals surface area contributed by atoms with Crippen molar-refractivity contribution in [2.24, 2.45) is 0 Å². The molecule has 2 aromatic heterocycles. The van der Waals surface area contributed by atoms with E-state index in [1.165, 1.54) is 44.6 Å². The van der Waals surface area contributed by atoms with Crippen molar-refractivity contribution < 1.29 is 28.9 Å². The molecule has 0 radical (unpaired) electrons. The second-order valence-corrected chi connectivity index (χ2v) is 10.2. The van der Waals surface area contributed by atoms with Crippen LogP contribution >= 0.6 is 0 Å². The fourth-order valence-corrected chi connectivity index (χ4v) is 4.69. The number of ketones is 2. The Labute approximate surface area is 261 Å². The molecular weight excluding hydrogens is 576 g/mol. The number of nitrogens with zero attached hydrogens (tertiary/aromatic N) is 2. The van der Waals surface area contributed by atoms with Crippen molar-refractivity contribution in [2.75, 3.05) is 20.8 Å². The first kappa shape index (κ1) is 33.9. The molecule has 0 aliphatic heterocycles. The van der Waals surface area contributed by atoms with E-state index in [9.17, 15) is 24.3 Å². The van der Waals surface area contributed by atoms with Gasteiger partial charge in [-0.15, -0.1) is 6.42 Å². The zero-order valence-electron chi connectivity index (χ0n) is 26.2. The van der Waals surface area contributed by atoms with E-state index in [-0.39, 0.29) is 47.9 Å². The number of phenols is 1. The minimum Gasteiger partial charge on any atom is -0.504 e. The molecule has 0 unspecified atom stereocenters. The highest BCUT2D eigenvalue weighted by Crippen LogP contribution is 2.29. The number of ether oxygens (including phenoxy) is 3. The third-order valence-electron chi connectivity index (χ3n) is 7.01. The SMILES string of the molecule is C#CCOc1cc(C(=O)Cn2c(C)cc(=O)cc2C)ccc1OC.COc1ccc(C(=O)Cn2c(C)cc(=O)cc2C)cc1O. The standard InChI is InChI=1S/C19H19NO4.C16H17NO4/c1-5-8-24-19-11-15(6-7-18(19)23-4)17(22)12-20-13(2)9-16(21)10-14(20)3;1-10-6-13(18)7-11(2)17(10)9-15(20)12-4-5-16(21-3)14(19)8-12/h1,6-7,9-11H,8,12H2,2-4H3;4-8,19H,9H2,1-3H3. The Morgan fingerprint density at radius 3 is 1.51 bits per heavy atom. The summed E-state index contributed by atoms with van der Waals surface area (Å²) in [6.45, 7) is 7.52. The van der Waals surface area contributed by atoms with Crippen LogP contribution in [-0.4, -0.2) is 46.6 Å². The molecule has 0 atom stereocenters. The number of carbonyl (C=O) groups excluding carboxylic acids is 2. The number of hydrogen-bond donors (Lipinski definition) is 1. The molecule has 1 N–H and O–H groups in total. The Balaban J connectivity index is 0.000000248. The van der Waals surface area contributed by atoms with E-state index in [1.54, 1.807) is 67.2 Å². The number of methoxy groups -OCH3 is 2. The average molecular weight is 613 g/mol.